The zero-order valence-electron chi connectivity index (χ0n) is 27.3. The zero-order valence-corrected chi connectivity index (χ0v) is 27.3. The summed E-state index contributed by atoms with van der Waals surface area (Å²) in [6, 6.07) is 32.5. The van der Waals surface area contributed by atoms with E-state index in [1.807, 2.05) is 12.3 Å². The minimum absolute atomic E-state index is 0.0783. The van der Waals surface area contributed by atoms with Gasteiger partial charge in [0.1, 0.15) is 0 Å². The maximum Gasteiger partial charge on any atom is 0.0795 e. The molecular formula is C45H33N5. The number of nitrogens with one attached hydrogen (secondary N) is 3. The number of hydrogen-bond acceptors (Lipinski definition) is 5. The second-order valence-corrected chi connectivity index (χ2v) is 13.1. The van der Waals surface area contributed by atoms with Crippen LogP contribution >= 0.6 is 0 Å². The number of allylic oxidation sites excluding steroid dienone is 4. The molecular weight excluding hydrogens is 611 g/mol. The Labute approximate surface area is 290 Å². The first-order valence-corrected chi connectivity index (χ1v) is 17.2. The number of fused-ring (bicyclic) bond motifs is 6. The Morgan fingerprint density at radius 3 is 2.40 bits per heavy atom. The second-order valence-electron chi connectivity index (χ2n) is 13.1. The number of aromatic nitrogens is 2. The van der Waals surface area contributed by atoms with Crippen LogP contribution in [0.1, 0.15) is 22.3 Å². The number of rotatable bonds is 4. The van der Waals surface area contributed by atoms with Crippen LogP contribution in [-0.2, 0) is 0 Å². The van der Waals surface area contributed by atoms with Gasteiger partial charge in [0.05, 0.1) is 34.1 Å². The van der Waals surface area contributed by atoms with Crippen LogP contribution in [-0.4, -0.2) is 29.1 Å². The number of para-hydroxylation sites is 1. The van der Waals surface area contributed by atoms with E-state index >= 15 is 0 Å². The minimum atomic E-state index is 0.0783. The quantitative estimate of drug-likeness (QED) is 0.179. The molecule has 50 heavy (non-hydrogen) atoms. The summed E-state index contributed by atoms with van der Waals surface area (Å²) in [6.45, 7) is 1.70. The van der Waals surface area contributed by atoms with Gasteiger partial charge in [-0.2, -0.15) is 0 Å². The van der Waals surface area contributed by atoms with Crippen molar-refractivity contribution in [3.05, 3.63) is 168 Å². The van der Waals surface area contributed by atoms with Crippen molar-refractivity contribution in [2.24, 2.45) is 0 Å². The van der Waals surface area contributed by atoms with Crippen molar-refractivity contribution in [1.82, 2.24) is 15.3 Å². The topological polar surface area (TPSA) is 61.9 Å². The molecule has 4 aromatic carbocycles. The highest BCUT2D eigenvalue weighted by molar-refractivity contribution is 5.97. The lowest BCUT2D eigenvalue weighted by molar-refractivity contribution is 0.815. The largest absolute Gasteiger partial charge is 0.379 e. The highest BCUT2D eigenvalue weighted by Gasteiger charge is 2.22. The van der Waals surface area contributed by atoms with Crippen LogP contribution in [0.2, 0.25) is 0 Å². The first-order valence-electron chi connectivity index (χ1n) is 17.2. The van der Waals surface area contributed by atoms with E-state index in [0.717, 1.165) is 57.4 Å². The molecule has 4 aliphatic rings. The second kappa shape index (κ2) is 11.6. The first-order chi connectivity index (χ1) is 24.7. The maximum absolute atomic E-state index is 5.11. The van der Waals surface area contributed by atoms with Crippen LogP contribution in [0.15, 0.2) is 145 Å². The van der Waals surface area contributed by atoms with E-state index in [2.05, 4.69) is 161 Å². The third-order valence-corrected chi connectivity index (χ3v) is 10.1. The van der Waals surface area contributed by atoms with E-state index in [4.69, 9.17) is 4.98 Å². The van der Waals surface area contributed by atoms with Gasteiger partial charge in [0, 0.05) is 52.4 Å². The van der Waals surface area contributed by atoms with Crippen molar-refractivity contribution in [3.63, 3.8) is 0 Å². The SMILES string of the molecule is C1=Cc2cc(-c3ccc(C4=CC5NC(c6ccc7ccc(-c8cccc9cccnc89)nc7c6)=CC=C5C=C4)cc3)c3c(c2NC1)NCC=C3. The van der Waals surface area contributed by atoms with Gasteiger partial charge in [-0.25, -0.2) is 4.98 Å². The number of hydrogen-bond donors (Lipinski definition) is 3. The highest BCUT2D eigenvalue weighted by Crippen LogP contribution is 2.42. The highest BCUT2D eigenvalue weighted by atomic mass is 15.0. The van der Waals surface area contributed by atoms with Crippen LogP contribution < -0.4 is 16.0 Å². The molecule has 0 saturated carbocycles. The first kappa shape index (κ1) is 28.5. The van der Waals surface area contributed by atoms with Gasteiger partial charge in [-0.05, 0) is 63.7 Å². The lowest BCUT2D eigenvalue weighted by Gasteiger charge is -2.27. The zero-order chi connectivity index (χ0) is 33.0. The van der Waals surface area contributed by atoms with Gasteiger partial charge < -0.3 is 16.0 Å². The van der Waals surface area contributed by atoms with Crippen molar-refractivity contribution in [2.45, 2.75) is 6.04 Å². The molecule has 5 nitrogen and oxygen atoms in total. The molecule has 0 fully saturated rings. The Morgan fingerprint density at radius 2 is 1.46 bits per heavy atom. The molecule has 3 N–H and O–H groups in total. The predicted molar refractivity (Wildman–Crippen MR) is 210 cm³/mol. The Bertz CT molecular complexity index is 2560. The lowest BCUT2D eigenvalue weighted by Crippen LogP contribution is -2.30. The number of anilines is 2. The van der Waals surface area contributed by atoms with Crippen LogP contribution in [0.5, 0.6) is 0 Å². The minimum Gasteiger partial charge on any atom is -0.379 e. The van der Waals surface area contributed by atoms with Gasteiger partial charge in [-0.1, -0.05) is 115 Å². The fourth-order valence-corrected chi connectivity index (χ4v) is 7.58. The predicted octanol–water partition coefficient (Wildman–Crippen LogP) is 9.89. The smallest absolute Gasteiger partial charge is 0.0795 e. The van der Waals surface area contributed by atoms with E-state index in [9.17, 15) is 0 Å². The summed E-state index contributed by atoms with van der Waals surface area (Å²) < 4.78 is 0. The molecule has 0 spiro atoms. The van der Waals surface area contributed by atoms with Crippen LogP contribution in [0, 0.1) is 0 Å². The van der Waals surface area contributed by atoms with Crippen molar-refractivity contribution >= 4 is 56.6 Å². The molecule has 0 bridgehead atoms. The summed E-state index contributed by atoms with van der Waals surface area (Å²) in [6.07, 6.45) is 21.9. The molecule has 0 saturated heterocycles. The average Bonchev–Trinajstić information content (AvgIpc) is 3.19. The number of pyridine rings is 2. The molecule has 3 aliphatic heterocycles. The molecule has 238 valence electrons. The van der Waals surface area contributed by atoms with Crippen LogP contribution in [0.25, 0.3) is 67.6 Å². The summed E-state index contributed by atoms with van der Waals surface area (Å²) >= 11 is 0. The molecule has 1 aliphatic carbocycles. The van der Waals surface area contributed by atoms with E-state index in [0.29, 0.717) is 0 Å². The molecule has 1 atom stereocenters. The van der Waals surface area contributed by atoms with Crippen molar-refractivity contribution in [3.8, 4) is 22.4 Å². The van der Waals surface area contributed by atoms with Crippen LogP contribution in [0.4, 0.5) is 11.4 Å². The van der Waals surface area contributed by atoms with Crippen molar-refractivity contribution in [2.75, 3.05) is 23.7 Å². The monoisotopic (exact) mass is 643 g/mol. The average molecular weight is 644 g/mol. The van der Waals surface area contributed by atoms with Crippen molar-refractivity contribution in [1.29, 1.82) is 0 Å². The maximum atomic E-state index is 5.11. The normalized spacial score (nSPS) is 17.0. The molecule has 2 aromatic heterocycles. The summed E-state index contributed by atoms with van der Waals surface area (Å²) in [4.78, 5) is 9.77. The van der Waals surface area contributed by atoms with Gasteiger partial charge in [-0.3, -0.25) is 4.98 Å². The number of benzene rings is 4. The number of nitrogens with zero attached hydrogens (tertiary/aromatic N) is 2. The number of dihydropyridines is 1. The standard InChI is InChI=1S/C45H33N5/c1-5-32-6-2-22-46-43(32)37(8-1)40-21-19-31-15-17-34(27-42(31)50-40)39-20-18-30-14-16-33(26-41(30)49-39)28-10-12-29(13-11-28)38-25-35-7-3-23-47-44(35)45-36(38)9-4-24-48-45/h1-22,25-27,41,47-49H,23-24H2. The van der Waals surface area contributed by atoms with E-state index < -0.39 is 0 Å². The van der Waals surface area contributed by atoms with Gasteiger partial charge in [0.25, 0.3) is 0 Å². The van der Waals surface area contributed by atoms with Gasteiger partial charge in [0.15, 0.2) is 0 Å². The van der Waals surface area contributed by atoms with Gasteiger partial charge >= 0.3 is 0 Å². The lowest BCUT2D eigenvalue weighted by atomic mass is 9.88. The summed E-state index contributed by atoms with van der Waals surface area (Å²) in [5, 5.41) is 13.2. The molecule has 0 amide bonds. The third-order valence-electron chi connectivity index (χ3n) is 10.1. The van der Waals surface area contributed by atoms with Gasteiger partial charge in [-0.15, -0.1) is 0 Å². The fraction of sp³-hybridized carbons (Fsp3) is 0.0667. The Balaban J connectivity index is 0.928. The van der Waals surface area contributed by atoms with E-state index in [-0.39, 0.29) is 6.04 Å². The summed E-state index contributed by atoms with van der Waals surface area (Å²) in [5.74, 6) is 0. The van der Waals surface area contributed by atoms with Crippen molar-refractivity contribution < 1.29 is 0 Å². The summed E-state index contributed by atoms with van der Waals surface area (Å²) in [7, 11) is 0. The Morgan fingerprint density at radius 1 is 0.640 bits per heavy atom. The third kappa shape index (κ3) is 4.86. The Kier molecular flexibility index (Phi) is 6.62. The molecule has 6 aromatic rings. The van der Waals surface area contributed by atoms with E-state index in [1.165, 1.54) is 50.3 Å². The molecule has 10 rings (SSSR count). The van der Waals surface area contributed by atoms with Gasteiger partial charge in [0.2, 0.25) is 0 Å². The molecule has 0 radical (unpaired) electrons. The fourth-order valence-electron chi connectivity index (χ4n) is 7.58. The molecule has 1 unspecified atom stereocenters. The van der Waals surface area contributed by atoms with Crippen LogP contribution in [0.3, 0.4) is 0 Å². The Hall–Kier alpha value is -6.46. The van der Waals surface area contributed by atoms with E-state index in [1.54, 1.807) is 0 Å². The summed E-state index contributed by atoms with van der Waals surface area (Å²) in [5.41, 5.74) is 17.1. The molecule has 5 heteroatoms. The molecule has 5 heterocycles.